The molecule has 2 aromatic rings. The summed E-state index contributed by atoms with van der Waals surface area (Å²) < 4.78 is 23.2. The van der Waals surface area contributed by atoms with Gasteiger partial charge in [0.25, 0.3) is 0 Å². The standard InChI is InChI=1S/C11H10FNO3/c1-6-3-10-9(4-8(6)12)13-11(16-10)5-15-7(2)14/h3-4H,5H2,1-2H3. The second kappa shape index (κ2) is 3.92. The molecule has 0 saturated heterocycles. The highest BCUT2D eigenvalue weighted by molar-refractivity contribution is 5.73. The molecule has 0 fully saturated rings. The van der Waals surface area contributed by atoms with Gasteiger partial charge in [0, 0.05) is 13.0 Å². The van der Waals surface area contributed by atoms with E-state index >= 15 is 0 Å². The van der Waals surface area contributed by atoms with Crippen LogP contribution in [0.3, 0.4) is 0 Å². The van der Waals surface area contributed by atoms with E-state index in [4.69, 9.17) is 9.15 Å². The van der Waals surface area contributed by atoms with Crippen LogP contribution in [0.15, 0.2) is 16.5 Å². The monoisotopic (exact) mass is 223 g/mol. The van der Waals surface area contributed by atoms with Crippen LogP contribution in [-0.2, 0) is 16.1 Å². The fraction of sp³-hybridized carbons (Fsp3) is 0.273. The van der Waals surface area contributed by atoms with Gasteiger partial charge in [-0.25, -0.2) is 9.37 Å². The van der Waals surface area contributed by atoms with E-state index in [0.29, 0.717) is 16.7 Å². The number of aryl methyl sites for hydroxylation is 1. The number of hydrogen-bond acceptors (Lipinski definition) is 4. The number of oxazole rings is 1. The van der Waals surface area contributed by atoms with Crippen LogP contribution < -0.4 is 0 Å². The molecular formula is C11H10FNO3. The van der Waals surface area contributed by atoms with E-state index in [0.717, 1.165) is 0 Å². The molecule has 0 atom stereocenters. The average molecular weight is 223 g/mol. The van der Waals surface area contributed by atoms with Crippen molar-refractivity contribution >= 4 is 17.1 Å². The number of rotatable bonds is 2. The van der Waals surface area contributed by atoms with Gasteiger partial charge in [0.2, 0.25) is 5.89 Å². The van der Waals surface area contributed by atoms with Crippen LogP contribution in [0.4, 0.5) is 4.39 Å². The van der Waals surface area contributed by atoms with Gasteiger partial charge in [0.1, 0.15) is 11.3 Å². The molecule has 16 heavy (non-hydrogen) atoms. The Morgan fingerprint density at radius 1 is 1.56 bits per heavy atom. The minimum absolute atomic E-state index is 0.0370. The van der Waals surface area contributed by atoms with Crippen LogP contribution in [0.5, 0.6) is 0 Å². The maximum atomic E-state index is 13.2. The highest BCUT2D eigenvalue weighted by Crippen LogP contribution is 2.20. The molecule has 0 unspecified atom stereocenters. The first-order chi connectivity index (χ1) is 7.56. The summed E-state index contributed by atoms with van der Waals surface area (Å²) in [7, 11) is 0. The van der Waals surface area contributed by atoms with Crippen molar-refractivity contribution in [2.45, 2.75) is 20.5 Å². The Bertz CT molecular complexity index is 508. The second-order valence-corrected chi connectivity index (χ2v) is 3.46. The summed E-state index contributed by atoms with van der Waals surface area (Å²) in [6, 6.07) is 2.86. The van der Waals surface area contributed by atoms with Gasteiger partial charge in [-0.1, -0.05) is 0 Å². The number of fused-ring (bicyclic) bond motifs is 1. The Labute approximate surface area is 91.0 Å². The molecule has 0 radical (unpaired) electrons. The van der Waals surface area contributed by atoms with Crippen LogP contribution >= 0.6 is 0 Å². The van der Waals surface area contributed by atoms with Crippen molar-refractivity contribution in [1.29, 1.82) is 0 Å². The zero-order valence-corrected chi connectivity index (χ0v) is 8.91. The smallest absolute Gasteiger partial charge is 0.303 e. The molecule has 0 aliphatic rings. The largest absolute Gasteiger partial charge is 0.456 e. The second-order valence-electron chi connectivity index (χ2n) is 3.46. The maximum Gasteiger partial charge on any atom is 0.303 e. The number of ether oxygens (including phenoxy) is 1. The number of aromatic nitrogens is 1. The third-order valence-electron chi connectivity index (χ3n) is 2.11. The summed E-state index contributed by atoms with van der Waals surface area (Å²) in [5, 5.41) is 0. The van der Waals surface area contributed by atoms with Crippen molar-refractivity contribution in [3.05, 3.63) is 29.4 Å². The number of esters is 1. The van der Waals surface area contributed by atoms with E-state index in [1.54, 1.807) is 13.0 Å². The third-order valence-corrected chi connectivity index (χ3v) is 2.11. The Morgan fingerprint density at radius 3 is 3.00 bits per heavy atom. The van der Waals surface area contributed by atoms with E-state index in [9.17, 15) is 9.18 Å². The number of carbonyl (C=O) groups excluding carboxylic acids is 1. The first-order valence-corrected chi connectivity index (χ1v) is 4.75. The highest BCUT2D eigenvalue weighted by atomic mass is 19.1. The van der Waals surface area contributed by atoms with Gasteiger partial charge in [0.05, 0.1) is 0 Å². The van der Waals surface area contributed by atoms with Crippen LogP contribution in [0.25, 0.3) is 11.1 Å². The Kier molecular flexibility index (Phi) is 2.60. The van der Waals surface area contributed by atoms with E-state index < -0.39 is 5.97 Å². The van der Waals surface area contributed by atoms with Crippen molar-refractivity contribution in [1.82, 2.24) is 4.98 Å². The fourth-order valence-electron chi connectivity index (χ4n) is 1.32. The Balaban J connectivity index is 2.33. The Morgan fingerprint density at radius 2 is 2.31 bits per heavy atom. The number of carbonyl (C=O) groups is 1. The maximum absolute atomic E-state index is 13.2. The van der Waals surface area contributed by atoms with E-state index in [1.165, 1.54) is 13.0 Å². The van der Waals surface area contributed by atoms with Gasteiger partial charge in [-0.3, -0.25) is 4.79 Å². The zero-order valence-electron chi connectivity index (χ0n) is 8.91. The molecule has 0 spiro atoms. The average Bonchev–Trinajstić information content (AvgIpc) is 2.58. The summed E-state index contributed by atoms with van der Waals surface area (Å²) in [4.78, 5) is 14.6. The zero-order chi connectivity index (χ0) is 11.7. The van der Waals surface area contributed by atoms with Crippen molar-refractivity contribution in [3.63, 3.8) is 0 Å². The van der Waals surface area contributed by atoms with Crippen molar-refractivity contribution in [3.8, 4) is 0 Å². The fourth-order valence-corrected chi connectivity index (χ4v) is 1.32. The summed E-state index contributed by atoms with van der Waals surface area (Å²) in [6.07, 6.45) is 0. The molecule has 0 bridgehead atoms. The van der Waals surface area contributed by atoms with Crippen LogP contribution in [0, 0.1) is 12.7 Å². The molecule has 0 saturated carbocycles. The van der Waals surface area contributed by atoms with Crippen molar-refractivity contribution in [2.24, 2.45) is 0 Å². The molecule has 0 aliphatic heterocycles. The van der Waals surface area contributed by atoms with Crippen LogP contribution in [-0.4, -0.2) is 11.0 Å². The van der Waals surface area contributed by atoms with E-state index in [-0.39, 0.29) is 18.3 Å². The van der Waals surface area contributed by atoms with Gasteiger partial charge in [-0.15, -0.1) is 0 Å². The highest BCUT2D eigenvalue weighted by Gasteiger charge is 2.09. The summed E-state index contributed by atoms with van der Waals surface area (Å²) in [5.41, 5.74) is 1.40. The minimum atomic E-state index is -0.412. The lowest BCUT2D eigenvalue weighted by Gasteiger charge is -1.94. The van der Waals surface area contributed by atoms with Gasteiger partial charge in [0.15, 0.2) is 12.2 Å². The summed E-state index contributed by atoms with van der Waals surface area (Å²) in [5.74, 6) is -0.486. The lowest BCUT2D eigenvalue weighted by molar-refractivity contribution is -0.142. The predicted molar refractivity (Wildman–Crippen MR) is 54.2 cm³/mol. The quantitative estimate of drug-likeness (QED) is 0.733. The van der Waals surface area contributed by atoms with E-state index in [2.05, 4.69) is 4.98 Å². The van der Waals surface area contributed by atoms with Crippen LogP contribution in [0.2, 0.25) is 0 Å². The summed E-state index contributed by atoms with van der Waals surface area (Å²) in [6.45, 7) is 2.90. The van der Waals surface area contributed by atoms with E-state index in [1.807, 2.05) is 0 Å². The molecule has 0 N–H and O–H groups in total. The van der Waals surface area contributed by atoms with Gasteiger partial charge in [-0.2, -0.15) is 0 Å². The topological polar surface area (TPSA) is 52.3 Å². The normalized spacial score (nSPS) is 10.7. The Hall–Kier alpha value is -1.91. The molecule has 0 aliphatic carbocycles. The molecular weight excluding hydrogens is 213 g/mol. The lowest BCUT2D eigenvalue weighted by atomic mass is 10.2. The lowest BCUT2D eigenvalue weighted by Crippen LogP contribution is -1.98. The van der Waals surface area contributed by atoms with Gasteiger partial charge in [-0.05, 0) is 18.6 Å². The molecule has 0 amide bonds. The first-order valence-electron chi connectivity index (χ1n) is 4.75. The third kappa shape index (κ3) is 2.03. The molecule has 84 valence electrons. The van der Waals surface area contributed by atoms with Gasteiger partial charge >= 0.3 is 5.97 Å². The number of halogens is 1. The number of benzene rings is 1. The predicted octanol–water partition coefficient (Wildman–Crippen LogP) is 2.34. The summed E-state index contributed by atoms with van der Waals surface area (Å²) >= 11 is 0. The first kappa shape index (κ1) is 10.6. The van der Waals surface area contributed by atoms with Gasteiger partial charge < -0.3 is 9.15 Å². The molecule has 1 heterocycles. The number of nitrogens with zero attached hydrogens (tertiary/aromatic N) is 1. The molecule has 1 aromatic heterocycles. The molecule has 5 heteroatoms. The molecule has 2 rings (SSSR count). The minimum Gasteiger partial charge on any atom is -0.456 e. The molecule has 4 nitrogen and oxygen atoms in total. The van der Waals surface area contributed by atoms with Crippen LogP contribution in [0.1, 0.15) is 18.4 Å². The molecule has 1 aromatic carbocycles. The van der Waals surface area contributed by atoms with Crippen molar-refractivity contribution < 1.29 is 18.3 Å². The SMILES string of the molecule is CC(=O)OCc1nc2cc(F)c(C)cc2o1. The van der Waals surface area contributed by atoms with Crippen molar-refractivity contribution in [2.75, 3.05) is 0 Å². The number of hydrogen-bond donors (Lipinski definition) is 0.